The van der Waals surface area contributed by atoms with Crippen LogP contribution in [0.1, 0.15) is 30.9 Å². The average molecular weight is 452 g/mol. The molecule has 9 heteroatoms. The third kappa shape index (κ3) is 4.18. The van der Waals surface area contributed by atoms with Crippen molar-refractivity contribution in [3.63, 3.8) is 0 Å². The Balaban J connectivity index is 1.73. The molecule has 174 valence electrons. The zero-order valence-electron chi connectivity index (χ0n) is 19.4. The molecule has 2 heterocycles. The first-order chi connectivity index (χ1) is 16.0. The summed E-state index contributed by atoms with van der Waals surface area (Å²) in [6.45, 7) is 3.37. The third-order valence-corrected chi connectivity index (χ3v) is 5.80. The maximum absolute atomic E-state index is 13.0. The summed E-state index contributed by atoms with van der Waals surface area (Å²) in [6, 6.07) is 7.75. The van der Waals surface area contributed by atoms with E-state index in [1.807, 2.05) is 12.1 Å². The Hall–Kier alpha value is -3.75. The molecule has 0 fully saturated rings. The van der Waals surface area contributed by atoms with Gasteiger partial charge in [-0.2, -0.15) is 0 Å². The number of nitrogens with two attached hydrogens (primary N) is 1. The first-order valence-electron chi connectivity index (χ1n) is 10.9. The van der Waals surface area contributed by atoms with Gasteiger partial charge in [-0.05, 0) is 30.0 Å². The number of hydrogen-bond donors (Lipinski definition) is 2. The Labute approximate surface area is 192 Å². The number of amidine groups is 1. The van der Waals surface area contributed by atoms with Crippen molar-refractivity contribution in [2.24, 2.45) is 10.7 Å². The fourth-order valence-corrected chi connectivity index (χ4v) is 4.25. The van der Waals surface area contributed by atoms with Gasteiger partial charge in [0.15, 0.2) is 11.5 Å². The highest BCUT2D eigenvalue weighted by Crippen LogP contribution is 2.41. The van der Waals surface area contributed by atoms with Crippen LogP contribution >= 0.6 is 0 Å². The molecule has 0 amide bonds. The predicted octanol–water partition coefficient (Wildman–Crippen LogP) is 3.30. The van der Waals surface area contributed by atoms with E-state index in [2.05, 4.69) is 27.9 Å². The van der Waals surface area contributed by atoms with Crippen LogP contribution in [0.15, 0.2) is 34.1 Å². The second kappa shape index (κ2) is 9.40. The third-order valence-electron chi connectivity index (χ3n) is 5.80. The van der Waals surface area contributed by atoms with E-state index in [9.17, 15) is 4.79 Å². The Morgan fingerprint density at radius 1 is 1.21 bits per heavy atom. The molecule has 0 spiro atoms. The molecule has 3 N–H and O–H groups in total. The number of aromatic nitrogens is 2. The maximum atomic E-state index is 13.0. The molecule has 2 aromatic carbocycles. The quantitative estimate of drug-likeness (QED) is 0.418. The normalized spacial score (nSPS) is 13.7. The molecule has 3 aromatic rings. The topological polar surface area (TPSA) is 115 Å². The summed E-state index contributed by atoms with van der Waals surface area (Å²) < 4.78 is 16.3. The van der Waals surface area contributed by atoms with Gasteiger partial charge >= 0.3 is 0 Å². The van der Waals surface area contributed by atoms with Crippen molar-refractivity contribution in [1.29, 1.82) is 0 Å². The van der Waals surface area contributed by atoms with Gasteiger partial charge in [-0.25, -0.2) is 9.98 Å². The van der Waals surface area contributed by atoms with Gasteiger partial charge in [-0.3, -0.25) is 9.78 Å². The van der Waals surface area contributed by atoms with Crippen molar-refractivity contribution in [2.75, 3.05) is 32.8 Å². The number of rotatable bonds is 7. The lowest BCUT2D eigenvalue weighted by Gasteiger charge is -2.30. The summed E-state index contributed by atoms with van der Waals surface area (Å²) in [6.07, 6.45) is 2.50. The first kappa shape index (κ1) is 22.4. The monoisotopic (exact) mass is 451 g/mol. The van der Waals surface area contributed by atoms with Crippen LogP contribution in [0.3, 0.4) is 0 Å². The van der Waals surface area contributed by atoms with Crippen LogP contribution in [0.4, 0.5) is 11.6 Å². The molecule has 1 aliphatic heterocycles. The van der Waals surface area contributed by atoms with E-state index >= 15 is 0 Å². The number of nitrogens with zero attached hydrogens (tertiary/aromatic N) is 3. The van der Waals surface area contributed by atoms with Gasteiger partial charge < -0.3 is 24.8 Å². The van der Waals surface area contributed by atoms with Gasteiger partial charge in [0.1, 0.15) is 5.39 Å². The molecule has 0 unspecified atom stereocenters. The summed E-state index contributed by atoms with van der Waals surface area (Å²) in [4.78, 5) is 27.4. The van der Waals surface area contributed by atoms with Gasteiger partial charge in [-0.15, -0.1) is 0 Å². The van der Waals surface area contributed by atoms with Crippen molar-refractivity contribution in [3.05, 3.63) is 45.7 Å². The highest BCUT2D eigenvalue weighted by molar-refractivity contribution is 5.90. The molecule has 9 nitrogen and oxygen atoms in total. The van der Waals surface area contributed by atoms with Crippen molar-refractivity contribution in [1.82, 2.24) is 9.97 Å². The largest absolute Gasteiger partial charge is 0.493 e. The van der Waals surface area contributed by atoms with Gasteiger partial charge in [0.05, 0.1) is 38.4 Å². The Bertz CT molecular complexity index is 1270. The molecule has 33 heavy (non-hydrogen) atoms. The van der Waals surface area contributed by atoms with E-state index in [4.69, 9.17) is 24.9 Å². The van der Waals surface area contributed by atoms with E-state index in [-0.39, 0.29) is 5.56 Å². The molecule has 0 saturated carbocycles. The fraction of sp³-hybridized carbons (Fsp3) is 0.375. The molecular formula is C24H29N5O4. The summed E-state index contributed by atoms with van der Waals surface area (Å²) in [5.41, 5.74) is 9.47. The number of hydrogen-bond acceptors (Lipinski definition) is 7. The number of ether oxygens (including phenoxy) is 3. The minimum absolute atomic E-state index is 0.295. The molecular weight excluding hydrogens is 422 g/mol. The van der Waals surface area contributed by atoms with E-state index < -0.39 is 0 Å². The number of anilines is 1. The Morgan fingerprint density at radius 3 is 2.70 bits per heavy atom. The maximum Gasteiger partial charge on any atom is 0.264 e. The molecule has 1 aromatic heterocycles. The summed E-state index contributed by atoms with van der Waals surface area (Å²) in [7, 11) is 4.52. The number of H-pyrrole nitrogens is 1. The van der Waals surface area contributed by atoms with Gasteiger partial charge in [-0.1, -0.05) is 19.1 Å². The molecule has 0 bridgehead atoms. The van der Waals surface area contributed by atoms with E-state index in [1.54, 1.807) is 6.07 Å². The number of benzene rings is 2. The number of aliphatic imine (C=N–C) groups is 1. The lowest BCUT2D eigenvalue weighted by atomic mass is 9.98. The number of methoxy groups -OCH3 is 3. The standard InChI is InChI=1S/C24H29N5O4/c1-5-7-19(25)26-16-9-6-8-14-13-29(11-10-15(14)16)24-27-17-12-18(31-2)21(32-3)22(33-4)20(17)23(30)28-24/h6,8-9,12H,5,7,10-11,13H2,1-4H3,(H2,25,26)(H,27,28,30). The van der Waals surface area contributed by atoms with Crippen LogP contribution in [-0.4, -0.2) is 43.7 Å². The van der Waals surface area contributed by atoms with E-state index in [0.717, 1.165) is 30.5 Å². The number of nitrogens with one attached hydrogen (secondary N) is 1. The first-order valence-corrected chi connectivity index (χ1v) is 10.9. The van der Waals surface area contributed by atoms with Crippen LogP contribution in [0.25, 0.3) is 10.9 Å². The van der Waals surface area contributed by atoms with Crippen LogP contribution in [0.2, 0.25) is 0 Å². The second-order valence-corrected chi connectivity index (χ2v) is 7.87. The minimum Gasteiger partial charge on any atom is -0.493 e. The van der Waals surface area contributed by atoms with Gasteiger partial charge in [0.25, 0.3) is 5.56 Å². The van der Waals surface area contributed by atoms with E-state index in [0.29, 0.717) is 53.0 Å². The predicted molar refractivity (Wildman–Crippen MR) is 129 cm³/mol. The highest BCUT2D eigenvalue weighted by atomic mass is 16.5. The van der Waals surface area contributed by atoms with Crippen molar-refractivity contribution < 1.29 is 14.2 Å². The molecule has 4 rings (SSSR count). The Kier molecular flexibility index (Phi) is 6.39. The smallest absolute Gasteiger partial charge is 0.264 e. The molecule has 0 saturated heterocycles. The summed E-state index contributed by atoms with van der Waals surface area (Å²) in [5, 5.41) is 0.319. The van der Waals surface area contributed by atoms with Crippen LogP contribution < -0.4 is 30.4 Å². The lowest BCUT2D eigenvalue weighted by molar-refractivity contribution is 0.327. The zero-order chi connectivity index (χ0) is 23.5. The van der Waals surface area contributed by atoms with Crippen molar-refractivity contribution >= 4 is 28.4 Å². The van der Waals surface area contributed by atoms with Crippen molar-refractivity contribution in [3.8, 4) is 17.2 Å². The van der Waals surface area contributed by atoms with Gasteiger partial charge in [0.2, 0.25) is 11.7 Å². The highest BCUT2D eigenvalue weighted by Gasteiger charge is 2.24. The number of aromatic amines is 1. The van der Waals surface area contributed by atoms with E-state index in [1.165, 1.54) is 26.9 Å². The summed E-state index contributed by atoms with van der Waals surface area (Å²) in [5.74, 6) is 2.24. The van der Waals surface area contributed by atoms with Crippen LogP contribution in [0.5, 0.6) is 17.2 Å². The zero-order valence-corrected chi connectivity index (χ0v) is 19.4. The molecule has 0 atom stereocenters. The second-order valence-electron chi connectivity index (χ2n) is 7.87. The Morgan fingerprint density at radius 2 is 2.00 bits per heavy atom. The lowest BCUT2D eigenvalue weighted by Crippen LogP contribution is -2.33. The van der Waals surface area contributed by atoms with Crippen molar-refractivity contribution in [2.45, 2.75) is 32.7 Å². The number of fused-ring (bicyclic) bond motifs is 2. The summed E-state index contributed by atoms with van der Waals surface area (Å²) >= 11 is 0. The average Bonchev–Trinajstić information content (AvgIpc) is 2.82. The fourth-order valence-electron chi connectivity index (χ4n) is 4.25. The van der Waals surface area contributed by atoms with Gasteiger partial charge in [0, 0.05) is 25.6 Å². The molecule has 1 aliphatic rings. The SMILES string of the molecule is CCCC(N)=Nc1cccc2c1CCN(c1nc3cc(OC)c(OC)c(OC)c3c(=O)[nH]1)C2. The van der Waals surface area contributed by atoms with Crippen LogP contribution in [-0.2, 0) is 13.0 Å². The molecule has 0 aliphatic carbocycles. The minimum atomic E-state index is -0.302. The molecule has 0 radical (unpaired) electrons. The van der Waals surface area contributed by atoms with Crippen LogP contribution in [0, 0.1) is 0 Å².